The van der Waals surface area contributed by atoms with Crippen LogP contribution in [0, 0.1) is 0 Å². The van der Waals surface area contributed by atoms with Crippen LogP contribution in [0.1, 0.15) is 0 Å². The highest BCUT2D eigenvalue weighted by molar-refractivity contribution is 7.17. The van der Waals surface area contributed by atoms with E-state index in [1.165, 1.54) is 11.1 Å². The Morgan fingerprint density at radius 1 is 1.25 bits per heavy atom. The molecule has 1 aliphatic heterocycles. The summed E-state index contributed by atoms with van der Waals surface area (Å²) < 4.78 is 0. The van der Waals surface area contributed by atoms with Crippen LogP contribution in [0.2, 0.25) is 0 Å². The van der Waals surface area contributed by atoms with Crippen LogP contribution in [-0.4, -0.2) is 43.1 Å². The van der Waals surface area contributed by atoms with Crippen LogP contribution < -0.4 is 4.90 Å². The molecule has 1 saturated heterocycles. The van der Waals surface area contributed by atoms with E-state index in [1.807, 2.05) is 12.3 Å². The molecule has 2 aromatic heterocycles. The molecular formula is C12H15N3S. The largest absolute Gasteiger partial charge is 0.368 e. The summed E-state index contributed by atoms with van der Waals surface area (Å²) in [7, 11) is 2.19. The van der Waals surface area contributed by atoms with Crippen molar-refractivity contribution in [2.45, 2.75) is 0 Å². The molecule has 0 saturated carbocycles. The number of thiophene rings is 1. The van der Waals surface area contributed by atoms with Crippen molar-refractivity contribution in [1.29, 1.82) is 0 Å². The summed E-state index contributed by atoms with van der Waals surface area (Å²) in [6, 6.07) is 4.20. The third-order valence-electron chi connectivity index (χ3n) is 3.17. The average Bonchev–Trinajstić information content (AvgIpc) is 2.74. The van der Waals surface area contributed by atoms with Gasteiger partial charge in [0.05, 0.1) is 5.69 Å². The Morgan fingerprint density at radius 2 is 2.06 bits per heavy atom. The van der Waals surface area contributed by atoms with Gasteiger partial charge in [0, 0.05) is 43.1 Å². The van der Waals surface area contributed by atoms with Gasteiger partial charge in [-0.25, -0.2) is 4.98 Å². The fourth-order valence-electron chi connectivity index (χ4n) is 2.15. The molecule has 4 heteroatoms. The van der Waals surface area contributed by atoms with E-state index in [0.717, 1.165) is 31.0 Å². The first-order valence-electron chi connectivity index (χ1n) is 5.60. The van der Waals surface area contributed by atoms with Crippen molar-refractivity contribution in [1.82, 2.24) is 9.88 Å². The molecule has 16 heavy (non-hydrogen) atoms. The van der Waals surface area contributed by atoms with Crippen LogP contribution in [0.15, 0.2) is 23.7 Å². The van der Waals surface area contributed by atoms with Crippen LogP contribution in [0.3, 0.4) is 0 Å². The first kappa shape index (κ1) is 10.1. The minimum absolute atomic E-state index is 1.12. The van der Waals surface area contributed by atoms with E-state index in [0.29, 0.717) is 0 Å². The predicted octanol–water partition coefficient (Wildman–Crippen LogP) is 2.05. The van der Waals surface area contributed by atoms with E-state index in [1.54, 1.807) is 11.3 Å². The van der Waals surface area contributed by atoms with Crippen molar-refractivity contribution < 1.29 is 0 Å². The van der Waals surface area contributed by atoms with Crippen molar-refractivity contribution in [2.75, 3.05) is 38.1 Å². The zero-order valence-electron chi connectivity index (χ0n) is 9.39. The first-order chi connectivity index (χ1) is 7.84. The Balaban J connectivity index is 1.94. The van der Waals surface area contributed by atoms with Gasteiger partial charge < -0.3 is 9.80 Å². The Morgan fingerprint density at radius 3 is 2.88 bits per heavy atom. The molecule has 0 amide bonds. The molecule has 3 rings (SSSR count). The lowest BCUT2D eigenvalue weighted by atomic mass is 10.2. The molecule has 1 aliphatic rings. The molecule has 3 nitrogen and oxygen atoms in total. The summed E-state index contributed by atoms with van der Waals surface area (Å²) >= 11 is 1.74. The topological polar surface area (TPSA) is 19.4 Å². The third kappa shape index (κ3) is 1.68. The molecule has 3 heterocycles. The SMILES string of the molecule is CN1CCN(c2csc3ncccc23)CC1. The lowest BCUT2D eigenvalue weighted by Gasteiger charge is -2.33. The van der Waals surface area contributed by atoms with Crippen molar-refractivity contribution in [3.05, 3.63) is 23.7 Å². The van der Waals surface area contributed by atoms with Crippen molar-refractivity contribution in [3.63, 3.8) is 0 Å². The van der Waals surface area contributed by atoms with Gasteiger partial charge in [-0.2, -0.15) is 0 Å². The highest BCUT2D eigenvalue weighted by Crippen LogP contribution is 2.31. The van der Waals surface area contributed by atoms with Gasteiger partial charge in [0.2, 0.25) is 0 Å². The summed E-state index contributed by atoms with van der Waals surface area (Å²) in [6.07, 6.45) is 1.87. The van der Waals surface area contributed by atoms with Gasteiger partial charge >= 0.3 is 0 Å². The Kier molecular flexibility index (Phi) is 2.53. The second kappa shape index (κ2) is 4.03. The lowest BCUT2D eigenvalue weighted by Crippen LogP contribution is -2.44. The Labute approximate surface area is 99.3 Å². The van der Waals surface area contributed by atoms with Crippen molar-refractivity contribution >= 4 is 27.2 Å². The van der Waals surface area contributed by atoms with Gasteiger partial charge in [0.15, 0.2) is 0 Å². The number of likely N-dealkylation sites (N-methyl/N-ethyl adjacent to an activating group) is 1. The summed E-state index contributed by atoms with van der Waals surface area (Å²) in [5, 5.41) is 3.54. The number of anilines is 1. The van der Waals surface area contributed by atoms with Gasteiger partial charge in [-0.1, -0.05) is 0 Å². The van der Waals surface area contributed by atoms with Crippen LogP contribution in [0.4, 0.5) is 5.69 Å². The number of hydrogen-bond donors (Lipinski definition) is 0. The van der Waals surface area contributed by atoms with Crippen molar-refractivity contribution in [2.24, 2.45) is 0 Å². The monoisotopic (exact) mass is 233 g/mol. The summed E-state index contributed by atoms with van der Waals surface area (Å²) in [5.74, 6) is 0. The maximum Gasteiger partial charge on any atom is 0.125 e. The second-order valence-corrected chi connectivity index (χ2v) is 5.13. The summed E-state index contributed by atoms with van der Waals surface area (Å²) in [5.41, 5.74) is 1.36. The normalized spacial score (nSPS) is 18.2. The molecule has 0 bridgehead atoms. The molecule has 0 aliphatic carbocycles. The van der Waals surface area contributed by atoms with Gasteiger partial charge in [0.1, 0.15) is 4.83 Å². The van der Waals surface area contributed by atoms with Crippen LogP contribution in [-0.2, 0) is 0 Å². The van der Waals surface area contributed by atoms with Crippen molar-refractivity contribution in [3.8, 4) is 0 Å². The van der Waals surface area contributed by atoms with Gasteiger partial charge in [-0.05, 0) is 19.2 Å². The maximum atomic E-state index is 4.39. The Bertz CT molecular complexity index is 486. The van der Waals surface area contributed by atoms with E-state index < -0.39 is 0 Å². The van der Waals surface area contributed by atoms with E-state index in [2.05, 4.69) is 33.3 Å². The fraction of sp³-hybridized carbons (Fsp3) is 0.417. The molecular weight excluding hydrogens is 218 g/mol. The predicted molar refractivity (Wildman–Crippen MR) is 69.3 cm³/mol. The molecule has 1 fully saturated rings. The van der Waals surface area contributed by atoms with E-state index in [4.69, 9.17) is 0 Å². The number of hydrogen-bond acceptors (Lipinski definition) is 4. The number of nitrogens with zero attached hydrogens (tertiary/aromatic N) is 3. The van der Waals surface area contributed by atoms with Gasteiger partial charge in [0.25, 0.3) is 0 Å². The number of piperazine rings is 1. The average molecular weight is 233 g/mol. The molecule has 0 radical (unpaired) electrons. The fourth-order valence-corrected chi connectivity index (χ4v) is 3.07. The van der Waals surface area contributed by atoms with E-state index in [9.17, 15) is 0 Å². The Hall–Kier alpha value is -1.13. The van der Waals surface area contributed by atoms with E-state index in [-0.39, 0.29) is 0 Å². The minimum atomic E-state index is 1.12. The molecule has 0 atom stereocenters. The minimum Gasteiger partial charge on any atom is -0.368 e. The summed E-state index contributed by atoms with van der Waals surface area (Å²) in [4.78, 5) is 10.4. The molecule has 0 aromatic carbocycles. The number of pyridine rings is 1. The molecule has 2 aromatic rings. The number of rotatable bonds is 1. The molecule has 0 spiro atoms. The number of aromatic nitrogens is 1. The molecule has 0 unspecified atom stereocenters. The maximum absolute atomic E-state index is 4.39. The lowest BCUT2D eigenvalue weighted by molar-refractivity contribution is 0.313. The quantitative estimate of drug-likeness (QED) is 0.751. The van der Waals surface area contributed by atoms with Crippen LogP contribution in [0.25, 0.3) is 10.2 Å². The highest BCUT2D eigenvalue weighted by atomic mass is 32.1. The smallest absolute Gasteiger partial charge is 0.125 e. The zero-order chi connectivity index (χ0) is 11.0. The molecule has 84 valence electrons. The van der Waals surface area contributed by atoms with Crippen LogP contribution >= 0.6 is 11.3 Å². The standard InChI is InChI=1S/C12H15N3S/c1-14-5-7-15(8-6-14)11-9-16-12-10(11)3-2-4-13-12/h2-4,9H,5-8H2,1H3. The second-order valence-electron chi connectivity index (χ2n) is 4.27. The number of fused-ring (bicyclic) bond motifs is 1. The van der Waals surface area contributed by atoms with Gasteiger partial charge in [-0.15, -0.1) is 11.3 Å². The third-order valence-corrected chi connectivity index (χ3v) is 4.06. The first-order valence-corrected chi connectivity index (χ1v) is 6.48. The van der Waals surface area contributed by atoms with Gasteiger partial charge in [-0.3, -0.25) is 0 Å². The summed E-state index contributed by atoms with van der Waals surface area (Å²) in [6.45, 7) is 4.55. The van der Waals surface area contributed by atoms with Crippen LogP contribution in [0.5, 0.6) is 0 Å². The molecule has 0 N–H and O–H groups in total. The highest BCUT2D eigenvalue weighted by Gasteiger charge is 2.17. The zero-order valence-corrected chi connectivity index (χ0v) is 10.2. The van der Waals surface area contributed by atoms with E-state index >= 15 is 0 Å².